The van der Waals surface area contributed by atoms with Crippen LogP contribution in [0, 0.1) is 5.92 Å². The highest BCUT2D eigenvalue weighted by Crippen LogP contribution is 2.31. The monoisotopic (exact) mass is 309 g/mol. The lowest BCUT2D eigenvalue weighted by molar-refractivity contribution is 0.282. The molecule has 6 N–H and O–H groups in total. The van der Waals surface area contributed by atoms with Crippen LogP contribution in [-0.2, 0) is 14.5 Å². The molecule has 0 spiro atoms. The van der Waals surface area contributed by atoms with Crippen molar-refractivity contribution in [3.05, 3.63) is 0 Å². The summed E-state index contributed by atoms with van der Waals surface area (Å²) >= 11 is 0. The van der Waals surface area contributed by atoms with E-state index < -0.39 is 23.0 Å². The Morgan fingerprint density at radius 2 is 2.15 bits per heavy atom. The van der Waals surface area contributed by atoms with Gasteiger partial charge in [-0.25, -0.2) is 0 Å². The smallest absolute Gasteiger partial charge is 0.427 e. The Morgan fingerprint density at radius 3 is 2.70 bits per heavy atom. The Morgan fingerprint density at radius 1 is 1.50 bits per heavy atom. The molecule has 8 nitrogen and oxygen atoms in total. The molecule has 2 atom stereocenters. The molecule has 0 amide bonds. The average Bonchev–Trinajstić information content (AvgIpc) is 2.63. The minimum atomic E-state index is -3.79. The summed E-state index contributed by atoms with van der Waals surface area (Å²) in [7, 11) is -5.13. The molecule has 0 aromatic carbocycles. The van der Waals surface area contributed by atoms with E-state index in [2.05, 4.69) is 0 Å². The Balaban J connectivity index is 2.59. The molecule has 1 aliphatic heterocycles. The van der Waals surface area contributed by atoms with Crippen molar-refractivity contribution >= 4 is 17.4 Å². The van der Waals surface area contributed by atoms with Gasteiger partial charge in [-0.05, 0) is 25.6 Å². The Labute approximate surface area is 120 Å². The van der Waals surface area contributed by atoms with Crippen molar-refractivity contribution in [3.8, 4) is 0 Å². The van der Waals surface area contributed by atoms with Gasteiger partial charge >= 0.3 is 17.4 Å². The number of hydrogen-bond acceptors (Lipinski definition) is 7. The molecule has 0 unspecified atom stereocenters. The summed E-state index contributed by atoms with van der Waals surface area (Å²) in [6, 6.07) is 0. The zero-order valence-electron chi connectivity index (χ0n) is 11.7. The van der Waals surface area contributed by atoms with Crippen LogP contribution in [0.5, 0.6) is 0 Å². The van der Waals surface area contributed by atoms with Crippen molar-refractivity contribution in [2.45, 2.75) is 31.6 Å². The van der Waals surface area contributed by atoms with Gasteiger partial charge in [-0.2, -0.15) is 12.7 Å². The molecule has 1 fully saturated rings. The van der Waals surface area contributed by atoms with E-state index in [1.807, 2.05) is 0 Å². The first kappa shape index (κ1) is 17.8. The molecule has 0 radical (unpaired) electrons. The highest BCUT2D eigenvalue weighted by molar-refractivity contribution is 7.84. The highest BCUT2D eigenvalue weighted by atomic mass is 32.2. The molecule has 1 saturated heterocycles. The van der Waals surface area contributed by atoms with Crippen molar-refractivity contribution in [1.29, 1.82) is 0 Å². The molecular formula is C10H24BN3O5S. The van der Waals surface area contributed by atoms with Gasteiger partial charge < -0.3 is 21.5 Å². The number of nitrogens with two attached hydrogens (primary N) is 2. The summed E-state index contributed by atoms with van der Waals surface area (Å²) in [5, 5.41) is 17.6. The molecule has 118 valence electrons. The van der Waals surface area contributed by atoms with E-state index in [1.165, 1.54) is 4.31 Å². The van der Waals surface area contributed by atoms with Crippen LogP contribution in [0.15, 0.2) is 0 Å². The van der Waals surface area contributed by atoms with Gasteiger partial charge in [-0.15, -0.1) is 0 Å². The molecule has 0 aromatic heterocycles. The number of nitrogens with zero attached hydrogens (tertiary/aromatic N) is 1. The summed E-state index contributed by atoms with van der Waals surface area (Å²) in [6.07, 6.45) is 1.46. The first-order valence-corrected chi connectivity index (χ1v) is 8.05. The molecule has 20 heavy (non-hydrogen) atoms. The van der Waals surface area contributed by atoms with Gasteiger partial charge in [0.2, 0.25) is 0 Å². The first-order chi connectivity index (χ1) is 9.19. The number of rotatable bonds is 8. The van der Waals surface area contributed by atoms with Crippen LogP contribution in [0.3, 0.4) is 0 Å². The fourth-order valence-corrected chi connectivity index (χ4v) is 3.65. The van der Waals surface area contributed by atoms with Gasteiger partial charge in [-0.1, -0.05) is 6.42 Å². The Bertz CT molecular complexity index is 404. The quantitative estimate of drug-likeness (QED) is 0.384. The van der Waals surface area contributed by atoms with Crippen LogP contribution in [-0.4, -0.2) is 61.7 Å². The van der Waals surface area contributed by atoms with E-state index in [0.717, 1.165) is 0 Å². The maximum atomic E-state index is 11.9. The third-order valence-electron chi connectivity index (χ3n) is 3.55. The summed E-state index contributed by atoms with van der Waals surface area (Å²) in [5.41, 5.74) is 10.7. The Kier molecular flexibility index (Phi) is 6.39. The van der Waals surface area contributed by atoms with Crippen molar-refractivity contribution in [2.75, 3.05) is 26.2 Å². The molecule has 1 rings (SSSR count). The lowest BCUT2D eigenvalue weighted by Gasteiger charge is -2.25. The average molecular weight is 309 g/mol. The van der Waals surface area contributed by atoms with Crippen molar-refractivity contribution < 1.29 is 22.6 Å². The van der Waals surface area contributed by atoms with E-state index in [0.29, 0.717) is 12.8 Å². The van der Waals surface area contributed by atoms with E-state index >= 15 is 0 Å². The molecule has 0 aliphatic carbocycles. The Hall–Kier alpha value is -0.225. The predicted molar refractivity (Wildman–Crippen MR) is 75.8 cm³/mol. The van der Waals surface area contributed by atoms with E-state index in [4.69, 9.17) is 25.7 Å². The molecular weight excluding hydrogens is 285 g/mol. The SMILES string of the molecule is C[C@]1(N)CN(S(=O)(=O)OCCN)C[C@@H]1CCCB(O)O. The first-order valence-electron chi connectivity index (χ1n) is 6.68. The predicted octanol–water partition coefficient (Wildman–Crippen LogP) is -1.89. The van der Waals surface area contributed by atoms with Gasteiger partial charge in [0.15, 0.2) is 0 Å². The summed E-state index contributed by atoms with van der Waals surface area (Å²) in [4.78, 5) is 0. The van der Waals surface area contributed by atoms with Gasteiger partial charge in [0.1, 0.15) is 0 Å². The third kappa shape index (κ3) is 4.95. The van der Waals surface area contributed by atoms with E-state index in [9.17, 15) is 8.42 Å². The largest absolute Gasteiger partial charge is 0.451 e. The topological polar surface area (TPSA) is 139 Å². The van der Waals surface area contributed by atoms with Crippen molar-refractivity contribution in [3.63, 3.8) is 0 Å². The van der Waals surface area contributed by atoms with Crippen LogP contribution in [0.4, 0.5) is 0 Å². The second-order valence-electron chi connectivity index (χ2n) is 5.48. The number of hydrogen-bond donors (Lipinski definition) is 4. The standard InChI is InChI=1S/C10H24BN3O5S/c1-10(13)8-14(20(17,18)19-6-5-12)7-9(10)3-2-4-11(15)16/h9,15-16H,2-8,12-13H2,1H3/t9-,10-/m0/s1. The maximum absolute atomic E-state index is 11.9. The lowest BCUT2D eigenvalue weighted by atomic mass is 9.79. The van der Waals surface area contributed by atoms with Crippen LogP contribution >= 0.6 is 0 Å². The van der Waals surface area contributed by atoms with Crippen LogP contribution in [0.25, 0.3) is 0 Å². The van der Waals surface area contributed by atoms with Gasteiger partial charge in [0, 0.05) is 25.2 Å². The molecule has 0 saturated carbocycles. The zero-order chi connectivity index (χ0) is 15.4. The minimum Gasteiger partial charge on any atom is -0.427 e. The molecule has 0 aromatic rings. The van der Waals surface area contributed by atoms with Crippen molar-refractivity contribution in [1.82, 2.24) is 4.31 Å². The molecule has 1 aliphatic rings. The van der Waals surface area contributed by atoms with Crippen LogP contribution in [0.2, 0.25) is 6.32 Å². The second kappa shape index (κ2) is 7.16. The normalized spacial score (nSPS) is 27.9. The van der Waals surface area contributed by atoms with E-state index in [-0.39, 0.29) is 38.5 Å². The molecule has 10 heteroatoms. The summed E-state index contributed by atoms with van der Waals surface area (Å²) in [5.74, 6) is -0.0440. The van der Waals surface area contributed by atoms with Crippen LogP contribution < -0.4 is 11.5 Å². The molecule has 1 heterocycles. The van der Waals surface area contributed by atoms with Crippen molar-refractivity contribution in [2.24, 2.45) is 17.4 Å². The fourth-order valence-electron chi connectivity index (χ4n) is 2.39. The summed E-state index contributed by atoms with van der Waals surface area (Å²) in [6.45, 7) is 2.34. The van der Waals surface area contributed by atoms with E-state index in [1.54, 1.807) is 6.92 Å². The summed E-state index contributed by atoms with van der Waals surface area (Å²) < 4.78 is 29.8. The van der Waals surface area contributed by atoms with Gasteiger partial charge in [0.05, 0.1) is 6.61 Å². The van der Waals surface area contributed by atoms with Crippen LogP contribution in [0.1, 0.15) is 19.8 Å². The van der Waals surface area contributed by atoms with Gasteiger partial charge in [-0.3, -0.25) is 4.18 Å². The minimum absolute atomic E-state index is 0.0440. The highest BCUT2D eigenvalue weighted by Gasteiger charge is 2.44. The van der Waals surface area contributed by atoms with Gasteiger partial charge in [0.25, 0.3) is 0 Å². The maximum Gasteiger partial charge on any atom is 0.451 e. The lowest BCUT2D eigenvalue weighted by Crippen LogP contribution is -2.45. The fraction of sp³-hybridized carbons (Fsp3) is 1.00. The zero-order valence-corrected chi connectivity index (χ0v) is 12.6. The second-order valence-corrected chi connectivity index (χ2v) is 7.08. The third-order valence-corrected chi connectivity index (χ3v) is 4.93. The molecule has 0 bridgehead atoms.